The zero-order valence-electron chi connectivity index (χ0n) is 14.8. The van der Waals surface area contributed by atoms with Gasteiger partial charge in [0.25, 0.3) is 0 Å². The van der Waals surface area contributed by atoms with Crippen molar-refractivity contribution in [3.8, 4) is 0 Å². The molecule has 2 aromatic carbocycles. The summed E-state index contributed by atoms with van der Waals surface area (Å²) >= 11 is 3.09. The number of carbonyl (C=O) groups excluding carboxylic acids is 1. The molecular weight excluding hydrogens is 395 g/mol. The summed E-state index contributed by atoms with van der Waals surface area (Å²) in [5.41, 5.74) is 1.76. The molecule has 0 aliphatic rings. The van der Waals surface area contributed by atoms with E-state index in [1.54, 1.807) is 23.5 Å². The van der Waals surface area contributed by atoms with Gasteiger partial charge in [-0.15, -0.1) is 22.7 Å². The van der Waals surface area contributed by atoms with Gasteiger partial charge in [-0.25, -0.2) is 9.37 Å². The summed E-state index contributed by atoms with van der Waals surface area (Å²) < 4.78 is 19.9. The summed E-state index contributed by atoms with van der Waals surface area (Å²) in [6.07, 6.45) is 0. The molecule has 142 valence electrons. The van der Waals surface area contributed by atoms with E-state index in [0.717, 1.165) is 25.7 Å². The lowest BCUT2D eigenvalue weighted by Crippen LogP contribution is -2.31. The molecule has 4 nitrogen and oxygen atoms in total. The normalized spacial score (nSPS) is 12.2. The van der Waals surface area contributed by atoms with Crippen LogP contribution in [0.5, 0.6) is 0 Å². The van der Waals surface area contributed by atoms with Gasteiger partial charge in [0.05, 0.1) is 22.9 Å². The van der Waals surface area contributed by atoms with E-state index in [9.17, 15) is 9.18 Å². The van der Waals surface area contributed by atoms with Crippen molar-refractivity contribution < 1.29 is 13.9 Å². The molecule has 28 heavy (non-hydrogen) atoms. The van der Waals surface area contributed by atoms with Gasteiger partial charge in [0, 0.05) is 4.88 Å². The molecular formula is C21H17FN2O2S2. The predicted octanol–water partition coefficient (Wildman–Crippen LogP) is 4.92. The monoisotopic (exact) mass is 412 g/mol. The van der Waals surface area contributed by atoms with Crippen molar-refractivity contribution in [1.29, 1.82) is 0 Å². The lowest BCUT2D eigenvalue weighted by Gasteiger charge is -2.18. The molecule has 4 aromatic rings. The molecule has 2 aromatic heterocycles. The second-order valence-electron chi connectivity index (χ2n) is 6.14. The summed E-state index contributed by atoms with van der Waals surface area (Å²) in [6.45, 7) is 0.214. The molecule has 0 aliphatic carbocycles. The number of halogens is 1. The third-order valence-electron chi connectivity index (χ3n) is 4.13. The number of benzene rings is 2. The highest BCUT2D eigenvalue weighted by molar-refractivity contribution is 7.18. The van der Waals surface area contributed by atoms with E-state index in [1.807, 2.05) is 41.8 Å². The van der Waals surface area contributed by atoms with E-state index < -0.39 is 0 Å². The van der Waals surface area contributed by atoms with E-state index in [2.05, 4.69) is 10.3 Å². The fourth-order valence-electron chi connectivity index (χ4n) is 2.84. The molecule has 7 heteroatoms. The summed E-state index contributed by atoms with van der Waals surface area (Å²) in [5.74, 6) is -0.539. The fraction of sp³-hybridized carbons (Fsp3) is 0.143. The van der Waals surface area contributed by atoms with Crippen LogP contribution in [0, 0.1) is 5.82 Å². The number of hydrogen-bond donors (Lipinski definition) is 1. The SMILES string of the molecule is O=C(COCc1nc2ccccc2s1)N[C@@H](c1ccc(F)cc1)c1cccs1. The van der Waals surface area contributed by atoms with E-state index in [1.165, 1.54) is 23.5 Å². The minimum atomic E-state index is -0.334. The second-order valence-corrected chi connectivity index (χ2v) is 8.23. The Morgan fingerprint density at radius 1 is 1.11 bits per heavy atom. The Bertz CT molecular complexity index is 1030. The number of thiophene rings is 1. The predicted molar refractivity (Wildman–Crippen MR) is 110 cm³/mol. The maximum absolute atomic E-state index is 13.3. The molecule has 0 radical (unpaired) electrons. The van der Waals surface area contributed by atoms with Crippen molar-refractivity contribution in [2.24, 2.45) is 0 Å². The van der Waals surface area contributed by atoms with Crippen molar-refractivity contribution >= 4 is 38.8 Å². The molecule has 2 heterocycles. The number of amides is 1. The van der Waals surface area contributed by atoms with Crippen molar-refractivity contribution in [2.75, 3.05) is 6.61 Å². The minimum Gasteiger partial charge on any atom is -0.364 e. The van der Waals surface area contributed by atoms with E-state index in [0.29, 0.717) is 0 Å². The van der Waals surface area contributed by atoms with E-state index >= 15 is 0 Å². The number of hydrogen-bond acceptors (Lipinski definition) is 5. The number of rotatable bonds is 7. The summed E-state index contributed by atoms with van der Waals surface area (Å²) in [6, 6.07) is 17.6. The van der Waals surface area contributed by atoms with Crippen LogP contribution >= 0.6 is 22.7 Å². The number of nitrogens with zero attached hydrogens (tertiary/aromatic N) is 1. The first kappa shape index (κ1) is 18.7. The van der Waals surface area contributed by atoms with Gasteiger partial charge in [0.2, 0.25) is 5.91 Å². The highest BCUT2D eigenvalue weighted by atomic mass is 32.1. The number of para-hydroxylation sites is 1. The topological polar surface area (TPSA) is 51.2 Å². The van der Waals surface area contributed by atoms with Gasteiger partial charge in [0.15, 0.2) is 0 Å². The number of nitrogens with one attached hydrogen (secondary N) is 1. The highest BCUT2D eigenvalue weighted by Crippen LogP contribution is 2.26. The molecule has 0 unspecified atom stereocenters. The van der Waals surface area contributed by atoms with E-state index in [-0.39, 0.29) is 31.0 Å². The summed E-state index contributed by atoms with van der Waals surface area (Å²) in [4.78, 5) is 17.9. The zero-order chi connectivity index (χ0) is 19.3. The van der Waals surface area contributed by atoms with Crippen LogP contribution in [0.2, 0.25) is 0 Å². The van der Waals surface area contributed by atoms with E-state index in [4.69, 9.17) is 4.74 Å². The van der Waals surface area contributed by atoms with Gasteiger partial charge in [-0.2, -0.15) is 0 Å². The Labute approximate surface area is 169 Å². The molecule has 0 saturated heterocycles. The maximum atomic E-state index is 13.3. The van der Waals surface area contributed by atoms with Gasteiger partial charge < -0.3 is 10.1 Å². The Morgan fingerprint density at radius 3 is 2.68 bits per heavy atom. The Morgan fingerprint density at radius 2 is 1.93 bits per heavy atom. The lowest BCUT2D eigenvalue weighted by molar-refractivity contribution is -0.126. The van der Waals surface area contributed by atoms with Crippen molar-refractivity contribution in [3.63, 3.8) is 0 Å². The molecule has 0 saturated carbocycles. The molecule has 0 aliphatic heterocycles. The molecule has 0 bridgehead atoms. The van der Waals surface area contributed by atoms with Crippen LogP contribution in [-0.4, -0.2) is 17.5 Å². The Balaban J connectivity index is 1.38. The molecule has 0 fully saturated rings. The maximum Gasteiger partial charge on any atom is 0.246 e. The number of ether oxygens (including phenoxy) is 1. The third-order valence-corrected chi connectivity index (χ3v) is 6.08. The van der Waals surface area contributed by atoms with Crippen molar-refractivity contribution in [2.45, 2.75) is 12.6 Å². The summed E-state index contributed by atoms with van der Waals surface area (Å²) in [5, 5.41) is 5.76. The highest BCUT2D eigenvalue weighted by Gasteiger charge is 2.18. The average Bonchev–Trinajstić information content (AvgIpc) is 3.36. The van der Waals surface area contributed by atoms with Crippen LogP contribution in [-0.2, 0) is 16.1 Å². The Kier molecular flexibility index (Phi) is 5.76. The first-order chi connectivity index (χ1) is 13.7. The minimum absolute atomic E-state index is 0.0704. The zero-order valence-corrected chi connectivity index (χ0v) is 16.4. The van der Waals surface area contributed by atoms with Crippen molar-refractivity contribution in [1.82, 2.24) is 10.3 Å². The van der Waals surface area contributed by atoms with Gasteiger partial charge in [0.1, 0.15) is 17.4 Å². The number of fused-ring (bicyclic) bond motifs is 1. The Hall–Kier alpha value is -2.61. The largest absolute Gasteiger partial charge is 0.364 e. The average molecular weight is 413 g/mol. The van der Waals surface area contributed by atoms with Crippen LogP contribution in [0.25, 0.3) is 10.2 Å². The molecule has 1 N–H and O–H groups in total. The van der Waals surface area contributed by atoms with Crippen LogP contribution in [0.1, 0.15) is 21.5 Å². The first-order valence-corrected chi connectivity index (χ1v) is 10.4. The lowest BCUT2D eigenvalue weighted by atomic mass is 10.1. The van der Waals surface area contributed by atoms with Crippen LogP contribution in [0.15, 0.2) is 66.0 Å². The molecule has 1 atom stereocenters. The van der Waals surface area contributed by atoms with Gasteiger partial charge in [-0.05, 0) is 41.3 Å². The molecule has 4 rings (SSSR count). The smallest absolute Gasteiger partial charge is 0.246 e. The van der Waals surface area contributed by atoms with Gasteiger partial charge in [-0.1, -0.05) is 30.3 Å². The number of aromatic nitrogens is 1. The fourth-order valence-corrected chi connectivity index (χ4v) is 4.55. The quantitative estimate of drug-likeness (QED) is 0.469. The van der Waals surface area contributed by atoms with Crippen LogP contribution in [0.4, 0.5) is 4.39 Å². The standard InChI is InChI=1S/C21H17FN2O2S2/c22-15-9-7-14(8-10-15)21(18-6-3-11-27-18)24-19(25)12-26-13-20-23-16-4-1-2-5-17(16)28-20/h1-11,21H,12-13H2,(H,24,25)/t21-/m0/s1. The van der Waals surface area contributed by atoms with Crippen molar-refractivity contribution in [3.05, 3.63) is 87.3 Å². The number of thiazole rings is 1. The number of carbonyl (C=O) groups is 1. The van der Waals surface area contributed by atoms with Crippen LogP contribution < -0.4 is 5.32 Å². The summed E-state index contributed by atoms with van der Waals surface area (Å²) in [7, 11) is 0. The van der Waals surface area contributed by atoms with Crippen LogP contribution in [0.3, 0.4) is 0 Å². The second kappa shape index (κ2) is 8.60. The first-order valence-electron chi connectivity index (χ1n) is 8.69. The molecule has 1 amide bonds. The van der Waals surface area contributed by atoms with Gasteiger partial charge >= 0.3 is 0 Å². The van der Waals surface area contributed by atoms with Gasteiger partial charge in [-0.3, -0.25) is 4.79 Å². The molecule has 0 spiro atoms. The third kappa shape index (κ3) is 4.44.